The van der Waals surface area contributed by atoms with E-state index in [4.69, 9.17) is 0 Å². The van der Waals surface area contributed by atoms with Gasteiger partial charge in [0, 0.05) is 11.0 Å². The largest absolute Gasteiger partial charge is 0.305 e. The first-order valence-corrected chi connectivity index (χ1v) is 7.93. The average molecular weight is 337 g/mol. The SMILES string of the molecule is CCCNC(c1ccccc1Br)c1cnnn1CCC. The molecule has 0 saturated carbocycles. The molecule has 0 fully saturated rings. The fourth-order valence-corrected chi connectivity index (χ4v) is 2.76. The molecule has 1 unspecified atom stereocenters. The lowest BCUT2D eigenvalue weighted by atomic mass is 10.0. The molecule has 108 valence electrons. The number of aromatic nitrogens is 3. The van der Waals surface area contributed by atoms with E-state index in [1.807, 2.05) is 16.9 Å². The topological polar surface area (TPSA) is 42.7 Å². The second-order valence-corrected chi connectivity index (χ2v) is 5.65. The van der Waals surface area contributed by atoms with E-state index in [9.17, 15) is 0 Å². The van der Waals surface area contributed by atoms with Gasteiger partial charge in [-0.3, -0.25) is 0 Å². The van der Waals surface area contributed by atoms with Crippen LogP contribution in [0.1, 0.15) is 44.0 Å². The van der Waals surface area contributed by atoms with Crippen LogP contribution in [0.15, 0.2) is 34.9 Å². The molecule has 0 spiro atoms. The van der Waals surface area contributed by atoms with Crippen LogP contribution in [0.4, 0.5) is 0 Å². The molecule has 0 amide bonds. The van der Waals surface area contributed by atoms with Gasteiger partial charge in [0.15, 0.2) is 0 Å². The predicted molar refractivity (Wildman–Crippen MR) is 84.6 cm³/mol. The Labute approximate surface area is 128 Å². The van der Waals surface area contributed by atoms with Crippen molar-refractivity contribution in [1.29, 1.82) is 0 Å². The summed E-state index contributed by atoms with van der Waals surface area (Å²) < 4.78 is 3.10. The van der Waals surface area contributed by atoms with Crippen LogP contribution < -0.4 is 5.32 Å². The quantitative estimate of drug-likeness (QED) is 0.840. The maximum Gasteiger partial charge on any atom is 0.0802 e. The summed E-state index contributed by atoms with van der Waals surface area (Å²) in [5.41, 5.74) is 2.34. The minimum Gasteiger partial charge on any atom is -0.305 e. The monoisotopic (exact) mass is 336 g/mol. The smallest absolute Gasteiger partial charge is 0.0802 e. The second-order valence-electron chi connectivity index (χ2n) is 4.79. The van der Waals surface area contributed by atoms with Crippen molar-refractivity contribution in [2.24, 2.45) is 0 Å². The highest BCUT2D eigenvalue weighted by atomic mass is 79.9. The van der Waals surface area contributed by atoms with Crippen molar-refractivity contribution in [1.82, 2.24) is 20.3 Å². The van der Waals surface area contributed by atoms with E-state index in [0.717, 1.165) is 36.1 Å². The minimum absolute atomic E-state index is 0.118. The molecule has 0 bridgehead atoms. The van der Waals surface area contributed by atoms with Gasteiger partial charge in [0.2, 0.25) is 0 Å². The standard InChI is InChI=1S/C15H21BrN4/c1-3-9-17-15(12-7-5-6-8-13(12)16)14-11-18-19-20(14)10-4-2/h5-8,11,15,17H,3-4,9-10H2,1-2H3. The van der Waals surface area contributed by atoms with Gasteiger partial charge in [-0.1, -0.05) is 53.2 Å². The van der Waals surface area contributed by atoms with Gasteiger partial charge in [0.25, 0.3) is 0 Å². The highest BCUT2D eigenvalue weighted by Gasteiger charge is 2.20. The van der Waals surface area contributed by atoms with Crippen LogP contribution in [0.5, 0.6) is 0 Å². The van der Waals surface area contributed by atoms with Gasteiger partial charge < -0.3 is 5.32 Å². The van der Waals surface area contributed by atoms with Crippen molar-refractivity contribution in [2.45, 2.75) is 39.3 Å². The van der Waals surface area contributed by atoms with E-state index in [1.165, 1.54) is 5.56 Å². The number of halogens is 1. The van der Waals surface area contributed by atoms with Gasteiger partial charge in [-0.05, 0) is 31.0 Å². The Morgan fingerprint density at radius 2 is 2.05 bits per heavy atom. The number of benzene rings is 1. The molecule has 0 aliphatic heterocycles. The molecule has 5 heteroatoms. The lowest BCUT2D eigenvalue weighted by Crippen LogP contribution is -2.26. The molecule has 0 radical (unpaired) electrons. The number of nitrogens with one attached hydrogen (secondary N) is 1. The number of nitrogens with zero attached hydrogens (tertiary/aromatic N) is 3. The minimum atomic E-state index is 0.118. The van der Waals surface area contributed by atoms with Crippen molar-refractivity contribution in [3.05, 3.63) is 46.2 Å². The molecule has 0 aliphatic rings. The molecule has 0 saturated heterocycles. The summed E-state index contributed by atoms with van der Waals surface area (Å²) in [6.45, 7) is 6.18. The Kier molecular flexibility index (Phi) is 5.73. The van der Waals surface area contributed by atoms with Gasteiger partial charge in [-0.15, -0.1) is 5.10 Å². The summed E-state index contributed by atoms with van der Waals surface area (Å²) in [6.07, 6.45) is 4.01. The first-order chi connectivity index (χ1) is 9.77. The molecule has 20 heavy (non-hydrogen) atoms. The van der Waals surface area contributed by atoms with Gasteiger partial charge in [-0.25, -0.2) is 4.68 Å². The predicted octanol–water partition coefficient (Wildman–Crippen LogP) is 3.54. The van der Waals surface area contributed by atoms with E-state index in [1.54, 1.807) is 0 Å². The maximum atomic E-state index is 4.20. The summed E-state index contributed by atoms with van der Waals surface area (Å²) in [4.78, 5) is 0. The van der Waals surface area contributed by atoms with Crippen LogP contribution in [0.3, 0.4) is 0 Å². The fraction of sp³-hybridized carbons (Fsp3) is 0.467. The average Bonchev–Trinajstić information content (AvgIpc) is 2.90. The highest BCUT2D eigenvalue weighted by Crippen LogP contribution is 2.28. The van der Waals surface area contributed by atoms with Gasteiger partial charge in [0.05, 0.1) is 17.9 Å². The van der Waals surface area contributed by atoms with Gasteiger partial charge >= 0.3 is 0 Å². The number of hydrogen-bond donors (Lipinski definition) is 1. The first kappa shape index (κ1) is 15.2. The van der Waals surface area contributed by atoms with Crippen LogP contribution in [0, 0.1) is 0 Å². The van der Waals surface area contributed by atoms with Crippen LogP contribution in [-0.2, 0) is 6.54 Å². The zero-order valence-corrected chi connectivity index (χ0v) is 13.6. The summed E-state index contributed by atoms with van der Waals surface area (Å²) in [5.74, 6) is 0. The van der Waals surface area contributed by atoms with E-state index in [2.05, 4.69) is 63.6 Å². The van der Waals surface area contributed by atoms with Crippen molar-refractivity contribution < 1.29 is 0 Å². The normalized spacial score (nSPS) is 12.6. The Hall–Kier alpha value is -1.20. The molecule has 0 aliphatic carbocycles. The molecule has 1 aromatic carbocycles. The molecule has 1 heterocycles. The Morgan fingerprint density at radius 3 is 2.75 bits per heavy atom. The van der Waals surface area contributed by atoms with Gasteiger partial charge in [-0.2, -0.15) is 0 Å². The summed E-state index contributed by atoms with van der Waals surface area (Å²) in [6, 6.07) is 8.43. The number of hydrogen-bond acceptors (Lipinski definition) is 3. The summed E-state index contributed by atoms with van der Waals surface area (Å²) in [5, 5.41) is 11.9. The highest BCUT2D eigenvalue weighted by molar-refractivity contribution is 9.10. The third-order valence-electron chi connectivity index (χ3n) is 3.19. The van der Waals surface area contributed by atoms with Crippen molar-refractivity contribution in [2.75, 3.05) is 6.54 Å². The molecule has 1 N–H and O–H groups in total. The molecular weight excluding hydrogens is 316 g/mol. The Bertz CT molecular complexity index is 538. The molecule has 1 atom stereocenters. The zero-order valence-electron chi connectivity index (χ0n) is 12.0. The summed E-state index contributed by atoms with van der Waals surface area (Å²) in [7, 11) is 0. The maximum absolute atomic E-state index is 4.20. The molecule has 2 rings (SSSR count). The molecule has 1 aromatic heterocycles. The van der Waals surface area contributed by atoms with E-state index < -0.39 is 0 Å². The number of aryl methyl sites for hydroxylation is 1. The van der Waals surface area contributed by atoms with E-state index >= 15 is 0 Å². The first-order valence-electron chi connectivity index (χ1n) is 7.14. The van der Waals surface area contributed by atoms with Crippen LogP contribution in [0.2, 0.25) is 0 Å². The lowest BCUT2D eigenvalue weighted by molar-refractivity contribution is 0.503. The molecule has 2 aromatic rings. The van der Waals surface area contributed by atoms with E-state index in [-0.39, 0.29) is 6.04 Å². The number of rotatable bonds is 7. The Balaban J connectivity index is 2.37. The second kappa shape index (κ2) is 7.55. The molecular formula is C15H21BrN4. The van der Waals surface area contributed by atoms with Crippen molar-refractivity contribution >= 4 is 15.9 Å². The van der Waals surface area contributed by atoms with Crippen molar-refractivity contribution in [3.8, 4) is 0 Å². The third-order valence-corrected chi connectivity index (χ3v) is 3.92. The lowest BCUT2D eigenvalue weighted by Gasteiger charge is -2.21. The third kappa shape index (κ3) is 3.46. The zero-order chi connectivity index (χ0) is 14.4. The van der Waals surface area contributed by atoms with E-state index in [0.29, 0.717) is 0 Å². The van der Waals surface area contributed by atoms with Crippen LogP contribution >= 0.6 is 15.9 Å². The Morgan fingerprint density at radius 1 is 1.25 bits per heavy atom. The van der Waals surface area contributed by atoms with Gasteiger partial charge in [0.1, 0.15) is 0 Å². The summed E-state index contributed by atoms with van der Waals surface area (Å²) >= 11 is 3.65. The fourth-order valence-electron chi connectivity index (χ4n) is 2.25. The van der Waals surface area contributed by atoms with Crippen molar-refractivity contribution in [3.63, 3.8) is 0 Å². The van der Waals surface area contributed by atoms with Crippen LogP contribution in [-0.4, -0.2) is 21.5 Å². The van der Waals surface area contributed by atoms with Crippen LogP contribution in [0.25, 0.3) is 0 Å². The molecule has 4 nitrogen and oxygen atoms in total.